The second-order valence-corrected chi connectivity index (χ2v) is 4.96. The lowest BCUT2D eigenvalue weighted by Crippen LogP contribution is -2.25. The van der Waals surface area contributed by atoms with Gasteiger partial charge in [0.1, 0.15) is 11.5 Å². The van der Waals surface area contributed by atoms with Crippen molar-refractivity contribution in [3.05, 3.63) is 47.5 Å². The zero-order chi connectivity index (χ0) is 15.9. The van der Waals surface area contributed by atoms with Crippen molar-refractivity contribution in [1.29, 1.82) is 0 Å². The smallest absolute Gasteiger partial charge is 0.270 e. The van der Waals surface area contributed by atoms with E-state index in [0.717, 1.165) is 12.8 Å². The maximum absolute atomic E-state index is 12.9. The van der Waals surface area contributed by atoms with Crippen molar-refractivity contribution in [1.82, 2.24) is 15.3 Å². The molecule has 0 saturated carbocycles. The van der Waals surface area contributed by atoms with Gasteiger partial charge in [-0.25, -0.2) is 14.4 Å². The van der Waals surface area contributed by atoms with Gasteiger partial charge >= 0.3 is 0 Å². The molecule has 1 amide bonds. The molecule has 1 aromatic heterocycles. The van der Waals surface area contributed by atoms with E-state index in [-0.39, 0.29) is 11.7 Å². The molecule has 116 valence electrons. The van der Waals surface area contributed by atoms with Crippen molar-refractivity contribution in [2.24, 2.45) is 0 Å². The van der Waals surface area contributed by atoms with Gasteiger partial charge in [-0.15, -0.1) is 0 Å². The van der Waals surface area contributed by atoms with Gasteiger partial charge in [-0.1, -0.05) is 13.3 Å². The van der Waals surface area contributed by atoms with Crippen molar-refractivity contribution in [3.63, 3.8) is 0 Å². The average Bonchev–Trinajstić information content (AvgIpc) is 2.49. The van der Waals surface area contributed by atoms with E-state index < -0.39 is 0 Å². The summed E-state index contributed by atoms with van der Waals surface area (Å²) >= 11 is 0. The minimum absolute atomic E-state index is 0.221. The molecule has 0 bridgehead atoms. The summed E-state index contributed by atoms with van der Waals surface area (Å²) in [7, 11) is 0. The Kier molecular flexibility index (Phi) is 5.41. The number of nitrogens with zero attached hydrogens (tertiary/aromatic N) is 2. The van der Waals surface area contributed by atoms with Crippen molar-refractivity contribution in [2.45, 2.75) is 26.7 Å². The topological polar surface area (TPSA) is 66.9 Å². The molecule has 0 unspecified atom stereocenters. The second-order valence-electron chi connectivity index (χ2n) is 4.96. The van der Waals surface area contributed by atoms with E-state index in [1.165, 1.54) is 12.1 Å². The molecule has 1 aromatic carbocycles. The molecule has 0 saturated heterocycles. The Bertz CT molecular complexity index is 643. The number of hydrogen-bond donors (Lipinski definition) is 2. The first kappa shape index (κ1) is 15.9. The Morgan fingerprint density at radius 3 is 2.64 bits per heavy atom. The summed E-state index contributed by atoms with van der Waals surface area (Å²) in [5, 5.41) is 5.78. The Morgan fingerprint density at radius 1 is 1.23 bits per heavy atom. The van der Waals surface area contributed by atoms with Crippen LogP contribution in [0.4, 0.5) is 16.0 Å². The number of carbonyl (C=O) groups excluding carboxylic acids is 1. The first-order valence-electron chi connectivity index (χ1n) is 7.25. The SMILES string of the molecule is CCCCNC(=O)c1cc(C)nc(Nc2ccc(F)cc2)n1. The van der Waals surface area contributed by atoms with Crippen LogP contribution < -0.4 is 10.6 Å². The molecular formula is C16H19FN4O. The Labute approximate surface area is 129 Å². The van der Waals surface area contributed by atoms with E-state index in [4.69, 9.17) is 0 Å². The monoisotopic (exact) mass is 302 g/mol. The highest BCUT2D eigenvalue weighted by molar-refractivity contribution is 5.92. The summed E-state index contributed by atoms with van der Waals surface area (Å²) in [4.78, 5) is 20.5. The van der Waals surface area contributed by atoms with E-state index in [2.05, 4.69) is 27.5 Å². The molecule has 0 aliphatic rings. The van der Waals surface area contributed by atoms with Crippen LogP contribution in [0.15, 0.2) is 30.3 Å². The van der Waals surface area contributed by atoms with Crippen molar-refractivity contribution in [3.8, 4) is 0 Å². The summed E-state index contributed by atoms with van der Waals surface area (Å²) in [5.41, 5.74) is 1.65. The number of carbonyl (C=O) groups is 1. The van der Waals surface area contributed by atoms with Gasteiger partial charge in [0.15, 0.2) is 0 Å². The maximum Gasteiger partial charge on any atom is 0.270 e. The molecule has 0 radical (unpaired) electrons. The van der Waals surface area contributed by atoms with Gasteiger partial charge in [0, 0.05) is 17.9 Å². The van der Waals surface area contributed by atoms with Crippen LogP contribution in [0.5, 0.6) is 0 Å². The van der Waals surface area contributed by atoms with E-state index >= 15 is 0 Å². The van der Waals surface area contributed by atoms with Crippen molar-refractivity contribution < 1.29 is 9.18 Å². The summed E-state index contributed by atoms with van der Waals surface area (Å²) in [5.74, 6) is -0.222. The first-order chi connectivity index (χ1) is 10.6. The van der Waals surface area contributed by atoms with Crippen LogP contribution in [0.3, 0.4) is 0 Å². The Balaban J connectivity index is 2.12. The predicted molar refractivity (Wildman–Crippen MR) is 83.7 cm³/mol. The molecule has 5 nitrogen and oxygen atoms in total. The van der Waals surface area contributed by atoms with Crippen LogP contribution >= 0.6 is 0 Å². The number of nitrogens with one attached hydrogen (secondary N) is 2. The fourth-order valence-corrected chi connectivity index (χ4v) is 1.87. The van der Waals surface area contributed by atoms with Crippen LogP contribution in [-0.2, 0) is 0 Å². The highest BCUT2D eigenvalue weighted by Crippen LogP contribution is 2.14. The van der Waals surface area contributed by atoms with Gasteiger partial charge in [0.05, 0.1) is 0 Å². The second kappa shape index (κ2) is 7.49. The van der Waals surface area contributed by atoms with E-state index in [0.29, 0.717) is 29.6 Å². The lowest BCUT2D eigenvalue weighted by Gasteiger charge is -2.08. The lowest BCUT2D eigenvalue weighted by atomic mass is 10.3. The number of rotatable bonds is 6. The van der Waals surface area contributed by atoms with Crippen molar-refractivity contribution in [2.75, 3.05) is 11.9 Å². The molecule has 0 aliphatic heterocycles. The van der Waals surface area contributed by atoms with Gasteiger partial charge in [-0.2, -0.15) is 0 Å². The molecular weight excluding hydrogens is 283 g/mol. The Morgan fingerprint density at radius 2 is 1.95 bits per heavy atom. The predicted octanol–water partition coefficient (Wildman–Crippen LogP) is 3.20. The lowest BCUT2D eigenvalue weighted by molar-refractivity contribution is 0.0948. The van der Waals surface area contributed by atoms with Gasteiger partial charge in [-0.3, -0.25) is 4.79 Å². The van der Waals surface area contributed by atoms with Crippen LogP contribution in [0.2, 0.25) is 0 Å². The molecule has 22 heavy (non-hydrogen) atoms. The van der Waals surface area contributed by atoms with Gasteiger partial charge in [0.25, 0.3) is 5.91 Å². The average molecular weight is 302 g/mol. The molecule has 0 spiro atoms. The summed E-state index contributed by atoms with van der Waals surface area (Å²) in [6.07, 6.45) is 1.94. The molecule has 0 aliphatic carbocycles. The normalized spacial score (nSPS) is 10.3. The minimum atomic E-state index is -0.313. The van der Waals surface area contributed by atoms with E-state index in [1.54, 1.807) is 25.1 Å². The zero-order valence-electron chi connectivity index (χ0n) is 12.7. The molecule has 0 atom stereocenters. The molecule has 6 heteroatoms. The van der Waals surface area contributed by atoms with E-state index in [9.17, 15) is 9.18 Å². The largest absolute Gasteiger partial charge is 0.351 e. The number of aromatic nitrogens is 2. The number of aryl methyl sites for hydroxylation is 1. The maximum atomic E-state index is 12.9. The third kappa shape index (κ3) is 4.51. The van der Waals surface area contributed by atoms with Crippen LogP contribution in [0.1, 0.15) is 35.9 Å². The standard InChI is InChI=1S/C16H19FN4O/c1-3-4-9-18-15(22)14-10-11(2)19-16(21-14)20-13-7-5-12(17)6-8-13/h5-8,10H,3-4,9H2,1-2H3,(H,18,22)(H,19,20,21). The summed E-state index contributed by atoms with van der Waals surface area (Å²) in [6.45, 7) is 4.48. The molecule has 2 rings (SSSR count). The summed E-state index contributed by atoms with van der Waals surface area (Å²) in [6, 6.07) is 7.49. The number of amides is 1. The highest BCUT2D eigenvalue weighted by Gasteiger charge is 2.10. The quantitative estimate of drug-likeness (QED) is 0.804. The van der Waals surface area contributed by atoms with Gasteiger partial charge < -0.3 is 10.6 Å². The molecule has 0 fully saturated rings. The van der Waals surface area contributed by atoms with E-state index in [1.807, 2.05) is 0 Å². The minimum Gasteiger partial charge on any atom is -0.351 e. The number of halogens is 1. The first-order valence-corrected chi connectivity index (χ1v) is 7.25. The highest BCUT2D eigenvalue weighted by atomic mass is 19.1. The fourth-order valence-electron chi connectivity index (χ4n) is 1.87. The van der Waals surface area contributed by atoms with Crippen LogP contribution in [0.25, 0.3) is 0 Å². The van der Waals surface area contributed by atoms with Gasteiger partial charge in [-0.05, 0) is 43.7 Å². The summed E-state index contributed by atoms with van der Waals surface area (Å²) < 4.78 is 12.9. The number of hydrogen-bond acceptors (Lipinski definition) is 4. The van der Waals surface area contributed by atoms with Crippen LogP contribution in [-0.4, -0.2) is 22.4 Å². The zero-order valence-corrected chi connectivity index (χ0v) is 12.7. The third-order valence-corrected chi connectivity index (χ3v) is 3.00. The van der Waals surface area contributed by atoms with Crippen LogP contribution in [0, 0.1) is 12.7 Å². The number of benzene rings is 1. The molecule has 2 N–H and O–H groups in total. The number of unbranched alkanes of at least 4 members (excludes halogenated alkanes) is 1. The molecule has 1 heterocycles. The van der Waals surface area contributed by atoms with Crippen molar-refractivity contribution >= 4 is 17.5 Å². The third-order valence-electron chi connectivity index (χ3n) is 3.00. The van der Waals surface area contributed by atoms with Gasteiger partial charge in [0.2, 0.25) is 5.95 Å². The fraction of sp³-hybridized carbons (Fsp3) is 0.312. The Hall–Kier alpha value is -2.50. The number of anilines is 2. The molecule has 2 aromatic rings.